The lowest BCUT2D eigenvalue weighted by molar-refractivity contribution is -0.124. The first-order valence-corrected chi connectivity index (χ1v) is 8.50. The zero-order valence-corrected chi connectivity index (χ0v) is 14.0. The number of aromatic nitrogens is 2. The van der Waals surface area contributed by atoms with Crippen molar-refractivity contribution in [3.63, 3.8) is 0 Å². The summed E-state index contributed by atoms with van der Waals surface area (Å²) >= 11 is 0. The Kier molecular flexibility index (Phi) is 5.13. The van der Waals surface area contributed by atoms with Gasteiger partial charge in [-0.05, 0) is 37.5 Å². The first-order valence-electron chi connectivity index (χ1n) is 8.50. The van der Waals surface area contributed by atoms with Crippen LogP contribution in [0, 0.1) is 5.92 Å². The summed E-state index contributed by atoms with van der Waals surface area (Å²) in [5.74, 6) is 0.978. The van der Waals surface area contributed by atoms with Gasteiger partial charge in [0, 0.05) is 19.0 Å². The number of hydrogen-bond donors (Lipinski definition) is 1. The van der Waals surface area contributed by atoms with E-state index in [0.29, 0.717) is 36.2 Å². The third-order valence-corrected chi connectivity index (χ3v) is 4.63. The molecule has 1 saturated carbocycles. The summed E-state index contributed by atoms with van der Waals surface area (Å²) < 4.78 is 6.75. The lowest BCUT2D eigenvalue weighted by atomic mass is 10.1. The Morgan fingerprint density at radius 1 is 1.38 bits per heavy atom. The van der Waals surface area contributed by atoms with Crippen LogP contribution in [0.25, 0.3) is 10.9 Å². The number of fused-ring (bicyclic) bond motifs is 1. The molecule has 1 aromatic carbocycles. The summed E-state index contributed by atoms with van der Waals surface area (Å²) in [6.07, 6.45) is 6.58. The largest absolute Gasteiger partial charge is 0.497 e. The van der Waals surface area contributed by atoms with Gasteiger partial charge < -0.3 is 10.1 Å². The summed E-state index contributed by atoms with van der Waals surface area (Å²) in [5.41, 5.74) is 0.576. The normalized spacial score (nSPS) is 14.9. The maximum absolute atomic E-state index is 12.5. The van der Waals surface area contributed by atoms with Crippen LogP contribution in [0.3, 0.4) is 0 Å². The van der Waals surface area contributed by atoms with Crippen molar-refractivity contribution < 1.29 is 9.53 Å². The van der Waals surface area contributed by atoms with Crippen LogP contribution in [-0.2, 0) is 11.3 Å². The fourth-order valence-corrected chi connectivity index (χ4v) is 3.22. The van der Waals surface area contributed by atoms with E-state index in [-0.39, 0.29) is 17.4 Å². The number of methoxy groups -OCH3 is 1. The van der Waals surface area contributed by atoms with Gasteiger partial charge in [-0.3, -0.25) is 14.2 Å². The molecule has 0 atom stereocenters. The summed E-state index contributed by atoms with van der Waals surface area (Å²) in [7, 11) is 1.57. The minimum atomic E-state index is -0.0824. The maximum Gasteiger partial charge on any atom is 0.261 e. The molecule has 0 aliphatic heterocycles. The minimum absolute atomic E-state index is 0.0824. The van der Waals surface area contributed by atoms with E-state index in [1.165, 1.54) is 0 Å². The predicted molar refractivity (Wildman–Crippen MR) is 92.1 cm³/mol. The maximum atomic E-state index is 12.5. The lowest BCUT2D eigenvalue weighted by Gasteiger charge is -2.11. The van der Waals surface area contributed by atoms with Crippen LogP contribution < -0.4 is 15.6 Å². The van der Waals surface area contributed by atoms with E-state index in [1.807, 2.05) is 0 Å². The van der Waals surface area contributed by atoms with Gasteiger partial charge in [0.15, 0.2) is 0 Å². The van der Waals surface area contributed by atoms with E-state index in [4.69, 9.17) is 4.74 Å². The van der Waals surface area contributed by atoms with Gasteiger partial charge in [0.25, 0.3) is 5.56 Å². The van der Waals surface area contributed by atoms with Gasteiger partial charge in [0.2, 0.25) is 5.91 Å². The van der Waals surface area contributed by atoms with Crippen molar-refractivity contribution in [1.29, 1.82) is 0 Å². The Morgan fingerprint density at radius 2 is 2.17 bits per heavy atom. The quantitative estimate of drug-likeness (QED) is 0.824. The Bertz CT molecular complexity index is 779. The van der Waals surface area contributed by atoms with Crippen molar-refractivity contribution in [2.45, 2.75) is 38.6 Å². The van der Waals surface area contributed by atoms with Crippen molar-refractivity contribution in [3.8, 4) is 5.75 Å². The molecule has 3 rings (SSSR count). The zero-order valence-electron chi connectivity index (χ0n) is 14.0. The molecule has 1 aromatic heterocycles. The average Bonchev–Trinajstić information content (AvgIpc) is 3.14. The molecule has 1 aliphatic carbocycles. The molecule has 0 radical (unpaired) electrons. The molecule has 24 heavy (non-hydrogen) atoms. The highest BCUT2D eigenvalue weighted by Crippen LogP contribution is 2.24. The fourth-order valence-electron chi connectivity index (χ4n) is 3.22. The topological polar surface area (TPSA) is 73.2 Å². The van der Waals surface area contributed by atoms with E-state index in [9.17, 15) is 9.59 Å². The highest BCUT2D eigenvalue weighted by Gasteiger charge is 2.21. The van der Waals surface area contributed by atoms with Crippen molar-refractivity contribution in [2.75, 3.05) is 13.7 Å². The zero-order chi connectivity index (χ0) is 16.9. The van der Waals surface area contributed by atoms with Crippen LogP contribution in [0.15, 0.2) is 29.3 Å². The SMILES string of the molecule is COc1ccc2ncn(CCCNC(=O)C3CCCC3)c(=O)c2c1. The van der Waals surface area contributed by atoms with E-state index in [2.05, 4.69) is 10.3 Å². The van der Waals surface area contributed by atoms with Crippen LogP contribution in [0.2, 0.25) is 0 Å². The molecule has 1 aliphatic rings. The standard InChI is InChI=1S/C18H23N3O3/c1-24-14-7-8-16-15(11-14)18(23)21(12-20-16)10-4-9-19-17(22)13-5-2-3-6-13/h7-8,11-13H,2-6,9-10H2,1H3,(H,19,22). The number of carbonyl (C=O) groups is 1. The van der Waals surface area contributed by atoms with Crippen molar-refractivity contribution in [2.24, 2.45) is 5.92 Å². The smallest absolute Gasteiger partial charge is 0.261 e. The van der Waals surface area contributed by atoms with Gasteiger partial charge in [-0.2, -0.15) is 0 Å². The fraction of sp³-hybridized carbons (Fsp3) is 0.500. The molecule has 6 heteroatoms. The average molecular weight is 329 g/mol. The van der Waals surface area contributed by atoms with Gasteiger partial charge in [-0.1, -0.05) is 12.8 Å². The summed E-state index contributed by atoms with van der Waals surface area (Å²) in [6, 6.07) is 5.28. The summed E-state index contributed by atoms with van der Waals surface area (Å²) in [5, 5.41) is 3.52. The molecule has 1 amide bonds. The molecule has 1 fully saturated rings. The molecule has 2 aromatic rings. The number of amides is 1. The summed E-state index contributed by atoms with van der Waals surface area (Å²) in [6.45, 7) is 1.11. The second-order valence-corrected chi connectivity index (χ2v) is 6.25. The molecule has 0 bridgehead atoms. The first-order chi connectivity index (χ1) is 11.7. The van der Waals surface area contributed by atoms with Gasteiger partial charge >= 0.3 is 0 Å². The molecule has 1 N–H and O–H groups in total. The van der Waals surface area contributed by atoms with Crippen LogP contribution in [-0.4, -0.2) is 29.1 Å². The molecule has 0 spiro atoms. The van der Waals surface area contributed by atoms with Crippen molar-refractivity contribution in [3.05, 3.63) is 34.9 Å². The third kappa shape index (κ3) is 3.58. The minimum Gasteiger partial charge on any atom is -0.497 e. The third-order valence-electron chi connectivity index (χ3n) is 4.63. The van der Waals surface area contributed by atoms with Crippen LogP contribution in [0.4, 0.5) is 0 Å². The van der Waals surface area contributed by atoms with Crippen molar-refractivity contribution >= 4 is 16.8 Å². The Balaban J connectivity index is 1.59. The predicted octanol–water partition coefficient (Wildman–Crippen LogP) is 2.10. The first kappa shape index (κ1) is 16.5. The number of aryl methyl sites for hydroxylation is 1. The number of nitrogens with zero attached hydrogens (tertiary/aromatic N) is 2. The van der Waals surface area contributed by atoms with E-state index in [1.54, 1.807) is 36.2 Å². The van der Waals surface area contributed by atoms with Crippen LogP contribution in [0.1, 0.15) is 32.1 Å². The highest BCUT2D eigenvalue weighted by atomic mass is 16.5. The number of carbonyl (C=O) groups excluding carboxylic acids is 1. The molecule has 128 valence electrons. The number of nitrogens with one attached hydrogen (secondary N) is 1. The Morgan fingerprint density at radius 3 is 2.92 bits per heavy atom. The van der Waals surface area contributed by atoms with Crippen LogP contribution >= 0.6 is 0 Å². The number of rotatable bonds is 6. The molecule has 6 nitrogen and oxygen atoms in total. The van der Waals surface area contributed by atoms with Gasteiger partial charge in [0.05, 0.1) is 24.3 Å². The second kappa shape index (κ2) is 7.47. The van der Waals surface area contributed by atoms with E-state index >= 15 is 0 Å². The number of hydrogen-bond acceptors (Lipinski definition) is 4. The highest BCUT2D eigenvalue weighted by molar-refractivity contribution is 5.79. The van der Waals surface area contributed by atoms with Crippen molar-refractivity contribution in [1.82, 2.24) is 14.9 Å². The number of benzene rings is 1. The molecular formula is C18H23N3O3. The molecular weight excluding hydrogens is 306 g/mol. The monoisotopic (exact) mass is 329 g/mol. The van der Waals surface area contributed by atoms with Gasteiger partial charge in [-0.15, -0.1) is 0 Å². The lowest BCUT2D eigenvalue weighted by Crippen LogP contribution is -2.31. The van der Waals surface area contributed by atoms with Crippen LogP contribution in [0.5, 0.6) is 5.75 Å². The molecule has 1 heterocycles. The van der Waals surface area contributed by atoms with Gasteiger partial charge in [0.1, 0.15) is 5.75 Å². The van der Waals surface area contributed by atoms with Gasteiger partial charge in [-0.25, -0.2) is 4.98 Å². The summed E-state index contributed by atoms with van der Waals surface area (Å²) in [4.78, 5) is 28.8. The van der Waals surface area contributed by atoms with E-state index in [0.717, 1.165) is 25.7 Å². The second-order valence-electron chi connectivity index (χ2n) is 6.25. The Labute approximate surface area is 140 Å². The number of ether oxygens (including phenoxy) is 1. The Hall–Kier alpha value is -2.37. The molecule has 0 unspecified atom stereocenters. The van der Waals surface area contributed by atoms with E-state index < -0.39 is 0 Å². The molecule has 0 saturated heterocycles.